The van der Waals surface area contributed by atoms with Gasteiger partial charge in [-0.2, -0.15) is 0 Å². The maximum absolute atomic E-state index is 12.8. The van der Waals surface area contributed by atoms with Gasteiger partial charge in [0.15, 0.2) is 0 Å². The lowest BCUT2D eigenvalue weighted by Gasteiger charge is -2.24. The van der Waals surface area contributed by atoms with Gasteiger partial charge in [0.25, 0.3) is 5.91 Å². The molecule has 3 aliphatic rings. The predicted octanol–water partition coefficient (Wildman–Crippen LogP) is 3.36. The molecule has 1 saturated carbocycles. The fourth-order valence-corrected chi connectivity index (χ4v) is 4.77. The van der Waals surface area contributed by atoms with Gasteiger partial charge >= 0.3 is 5.97 Å². The van der Waals surface area contributed by atoms with Crippen LogP contribution >= 0.6 is 0 Å². The molecule has 144 valence electrons. The summed E-state index contributed by atoms with van der Waals surface area (Å²) >= 11 is 0. The van der Waals surface area contributed by atoms with Crippen molar-refractivity contribution in [2.45, 2.75) is 37.6 Å². The zero-order valence-electron chi connectivity index (χ0n) is 15.7. The molecule has 6 rings (SSSR count). The number of amides is 1. The molecular weight excluding hydrogens is 366 g/mol. The summed E-state index contributed by atoms with van der Waals surface area (Å²) in [6.07, 6.45) is 6.51. The number of aromatic amines is 1. The second-order valence-electron chi connectivity index (χ2n) is 8.36. The molecule has 2 aliphatic carbocycles. The first-order valence-corrected chi connectivity index (χ1v) is 9.92. The lowest BCUT2D eigenvalue weighted by molar-refractivity contribution is 0.0696. The Labute approximate surface area is 167 Å². The molecule has 3 aromatic rings. The Balaban J connectivity index is 1.48. The van der Waals surface area contributed by atoms with Crippen LogP contribution in [-0.2, 0) is 19.3 Å². The molecule has 2 aromatic heterocycles. The van der Waals surface area contributed by atoms with Crippen LogP contribution in [0.5, 0.6) is 0 Å². The molecule has 0 atom stereocenters. The summed E-state index contributed by atoms with van der Waals surface area (Å²) in [5.74, 6) is -0.905. The minimum Gasteiger partial charge on any atom is -0.478 e. The quantitative estimate of drug-likeness (QED) is 0.630. The van der Waals surface area contributed by atoms with Crippen molar-refractivity contribution in [3.05, 3.63) is 64.5 Å². The van der Waals surface area contributed by atoms with Crippen molar-refractivity contribution in [3.63, 3.8) is 0 Å². The molecular formula is C23H19N3O3. The van der Waals surface area contributed by atoms with Crippen molar-refractivity contribution in [1.29, 1.82) is 0 Å². The van der Waals surface area contributed by atoms with Crippen molar-refractivity contribution in [1.82, 2.24) is 15.3 Å². The Kier molecular flexibility index (Phi) is 3.17. The first-order valence-electron chi connectivity index (χ1n) is 9.92. The molecule has 1 aliphatic heterocycles. The van der Waals surface area contributed by atoms with E-state index in [2.05, 4.69) is 15.3 Å². The van der Waals surface area contributed by atoms with Gasteiger partial charge < -0.3 is 15.4 Å². The summed E-state index contributed by atoms with van der Waals surface area (Å²) in [5.41, 5.74) is 7.91. The van der Waals surface area contributed by atoms with E-state index in [-0.39, 0.29) is 17.0 Å². The largest absolute Gasteiger partial charge is 0.478 e. The molecule has 3 heterocycles. The minimum atomic E-state index is -0.954. The Bertz CT molecular complexity index is 1220. The fraction of sp³-hybridized carbons (Fsp3) is 0.261. The van der Waals surface area contributed by atoms with Gasteiger partial charge in [-0.3, -0.25) is 9.78 Å². The summed E-state index contributed by atoms with van der Waals surface area (Å²) in [4.78, 5) is 32.2. The number of carboxylic acid groups (broad SMARTS) is 1. The topological polar surface area (TPSA) is 95.1 Å². The second-order valence-corrected chi connectivity index (χ2v) is 8.36. The van der Waals surface area contributed by atoms with Gasteiger partial charge in [0.2, 0.25) is 0 Å². The first-order chi connectivity index (χ1) is 14.0. The number of carboxylic acids is 1. The molecule has 29 heavy (non-hydrogen) atoms. The number of fused-ring (bicyclic) bond motifs is 5. The molecule has 1 fully saturated rings. The average Bonchev–Trinajstić information content (AvgIpc) is 3.34. The summed E-state index contributed by atoms with van der Waals surface area (Å²) in [6.45, 7) is 0. The van der Waals surface area contributed by atoms with Gasteiger partial charge in [-0.05, 0) is 55.0 Å². The van der Waals surface area contributed by atoms with Crippen LogP contribution in [0.15, 0.2) is 36.5 Å². The van der Waals surface area contributed by atoms with E-state index < -0.39 is 5.97 Å². The molecule has 6 heteroatoms. The second kappa shape index (κ2) is 5.56. The number of nitrogens with zero attached hydrogens (tertiary/aromatic N) is 1. The van der Waals surface area contributed by atoms with Crippen molar-refractivity contribution < 1.29 is 14.7 Å². The van der Waals surface area contributed by atoms with Gasteiger partial charge in [0.05, 0.1) is 22.5 Å². The Hall–Kier alpha value is -3.41. The Morgan fingerprint density at radius 3 is 2.83 bits per heavy atom. The molecule has 1 amide bonds. The van der Waals surface area contributed by atoms with Crippen LogP contribution in [-0.4, -0.2) is 32.5 Å². The van der Waals surface area contributed by atoms with Crippen LogP contribution in [0.3, 0.4) is 0 Å². The van der Waals surface area contributed by atoms with Crippen LogP contribution < -0.4 is 5.32 Å². The number of carbonyl (C=O) groups excluding carboxylic acids is 1. The zero-order valence-corrected chi connectivity index (χ0v) is 15.7. The molecule has 0 saturated heterocycles. The Morgan fingerprint density at radius 1 is 1.17 bits per heavy atom. The number of aromatic carboxylic acids is 1. The third-order valence-corrected chi connectivity index (χ3v) is 6.46. The molecule has 0 bridgehead atoms. The van der Waals surface area contributed by atoms with E-state index in [9.17, 15) is 14.7 Å². The lowest BCUT2D eigenvalue weighted by Crippen LogP contribution is -2.43. The molecule has 0 unspecified atom stereocenters. The normalized spacial score (nSPS) is 17.9. The smallest absolute Gasteiger partial charge is 0.335 e. The van der Waals surface area contributed by atoms with E-state index in [1.807, 2.05) is 18.3 Å². The number of hydrogen-bond acceptors (Lipinski definition) is 3. The molecule has 0 radical (unpaired) electrons. The van der Waals surface area contributed by atoms with E-state index in [4.69, 9.17) is 0 Å². The highest BCUT2D eigenvalue weighted by molar-refractivity contribution is 6.01. The summed E-state index contributed by atoms with van der Waals surface area (Å²) in [6, 6.07) is 8.84. The maximum Gasteiger partial charge on any atom is 0.335 e. The third-order valence-electron chi connectivity index (χ3n) is 6.46. The summed E-state index contributed by atoms with van der Waals surface area (Å²) < 4.78 is 0. The fourth-order valence-electron chi connectivity index (χ4n) is 4.77. The third kappa shape index (κ3) is 2.45. The van der Waals surface area contributed by atoms with Gasteiger partial charge in [-0.25, -0.2) is 4.79 Å². The number of nitrogens with one attached hydrogen (secondary N) is 2. The highest BCUT2D eigenvalue weighted by Gasteiger charge is 2.49. The van der Waals surface area contributed by atoms with Crippen molar-refractivity contribution >= 4 is 11.9 Å². The number of H-pyrrole nitrogens is 1. The maximum atomic E-state index is 12.8. The molecule has 3 N–H and O–H groups in total. The van der Waals surface area contributed by atoms with Crippen LogP contribution in [0, 0.1) is 0 Å². The first kappa shape index (κ1) is 16.5. The average molecular weight is 385 g/mol. The number of carbonyl (C=O) groups is 2. The molecule has 1 aromatic carbocycles. The van der Waals surface area contributed by atoms with Crippen molar-refractivity contribution in [2.75, 3.05) is 0 Å². The number of benzene rings is 1. The standard InChI is InChI=1S/C23H19N3O3/c27-21-19-15-5-4-14-11-24-17(12-2-1-3-13(8-12)22(28)29)9-16(14)20(15)25-18(19)10-23(26-21)6-7-23/h1-3,8-9,11,25H,4-7,10H2,(H,26,27)(H,28,29). The number of hydrogen-bond donors (Lipinski definition) is 3. The van der Waals surface area contributed by atoms with Crippen LogP contribution in [0.1, 0.15) is 50.4 Å². The SMILES string of the molecule is O=C(O)c1cccc(-c2cc3c(cn2)CCc2c-3[nH]c3c2C(=O)NC2(CC2)C3)c1. The summed E-state index contributed by atoms with van der Waals surface area (Å²) in [7, 11) is 0. The monoisotopic (exact) mass is 385 g/mol. The minimum absolute atomic E-state index is 0.0267. The van der Waals surface area contributed by atoms with Gasteiger partial charge in [-0.1, -0.05) is 12.1 Å². The van der Waals surface area contributed by atoms with Gasteiger partial charge in [0.1, 0.15) is 0 Å². The number of aromatic nitrogens is 2. The zero-order chi connectivity index (χ0) is 19.8. The van der Waals surface area contributed by atoms with E-state index in [0.29, 0.717) is 0 Å². The van der Waals surface area contributed by atoms with E-state index in [1.165, 1.54) is 0 Å². The Morgan fingerprint density at radius 2 is 2.03 bits per heavy atom. The van der Waals surface area contributed by atoms with E-state index >= 15 is 0 Å². The van der Waals surface area contributed by atoms with Crippen molar-refractivity contribution in [3.8, 4) is 22.5 Å². The van der Waals surface area contributed by atoms with E-state index in [1.54, 1.807) is 18.2 Å². The highest BCUT2D eigenvalue weighted by Crippen LogP contribution is 2.45. The summed E-state index contributed by atoms with van der Waals surface area (Å²) in [5, 5.41) is 12.5. The van der Waals surface area contributed by atoms with Crippen LogP contribution in [0.4, 0.5) is 0 Å². The van der Waals surface area contributed by atoms with Crippen LogP contribution in [0.25, 0.3) is 22.5 Å². The number of rotatable bonds is 2. The molecule has 6 nitrogen and oxygen atoms in total. The predicted molar refractivity (Wildman–Crippen MR) is 107 cm³/mol. The van der Waals surface area contributed by atoms with Gasteiger partial charge in [0, 0.05) is 35.0 Å². The molecule has 1 spiro atoms. The van der Waals surface area contributed by atoms with E-state index in [0.717, 1.165) is 77.0 Å². The number of aryl methyl sites for hydroxylation is 1. The van der Waals surface area contributed by atoms with Crippen molar-refractivity contribution in [2.24, 2.45) is 0 Å². The van der Waals surface area contributed by atoms with Crippen LogP contribution in [0.2, 0.25) is 0 Å². The lowest BCUT2D eigenvalue weighted by atomic mass is 9.87. The number of pyridine rings is 1. The highest BCUT2D eigenvalue weighted by atomic mass is 16.4. The van der Waals surface area contributed by atoms with Gasteiger partial charge in [-0.15, -0.1) is 0 Å².